The van der Waals surface area contributed by atoms with Crippen LogP contribution in [0.25, 0.3) is 0 Å². The monoisotopic (exact) mass is 431 g/mol. The van der Waals surface area contributed by atoms with Crippen LogP contribution in [-0.2, 0) is 9.53 Å². The van der Waals surface area contributed by atoms with Crippen molar-refractivity contribution in [2.45, 2.75) is 131 Å². The summed E-state index contributed by atoms with van der Waals surface area (Å²) in [7, 11) is -0.586. The van der Waals surface area contributed by atoms with Crippen molar-refractivity contribution in [3.63, 3.8) is 0 Å². The molecule has 0 spiro atoms. The first kappa shape index (κ1) is 31.1. The Morgan fingerprint density at radius 1 is 0.552 bits per heavy atom. The largest absolute Gasteiger partial charge is 0.466 e. The molecule has 0 aliphatic heterocycles. The highest BCUT2D eigenvalue weighted by Crippen LogP contribution is 2.61. The molecule has 0 atom stereocenters. The summed E-state index contributed by atoms with van der Waals surface area (Å²) in [6.07, 6.45) is 24.8. The number of hydrogen-bond acceptors (Lipinski definition) is 2. The van der Waals surface area contributed by atoms with Gasteiger partial charge in [0.1, 0.15) is 0 Å². The second-order valence-corrected chi connectivity index (χ2v) is 13.1. The second kappa shape index (κ2) is 24.2. The fraction of sp³-hybridized carbons (Fsp3) is 0.962. The van der Waals surface area contributed by atoms with Gasteiger partial charge >= 0.3 is 5.97 Å². The predicted molar refractivity (Wildman–Crippen MR) is 136 cm³/mol. The van der Waals surface area contributed by atoms with Crippen molar-refractivity contribution in [2.75, 3.05) is 31.3 Å². The highest BCUT2D eigenvalue weighted by Gasteiger charge is 2.34. The number of hydrogen-bond donors (Lipinski definition) is 0. The lowest BCUT2D eigenvalue weighted by atomic mass is 10.2. The summed E-state index contributed by atoms with van der Waals surface area (Å²) in [6, 6.07) is 0. The van der Waals surface area contributed by atoms with Gasteiger partial charge in [-0.25, -0.2) is 0 Å². The van der Waals surface area contributed by atoms with Gasteiger partial charge in [-0.1, -0.05) is 79.6 Å². The van der Waals surface area contributed by atoms with E-state index in [-0.39, 0.29) is 5.97 Å². The Morgan fingerprint density at radius 2 is 0.966 bits per heavy atom. The van der Waals surface area contributed by atoms with Gasteiger partial charge in [-0.3, -0.25) is 4.79 Å². The number of carbonyl (C=O) groups is 1. The van der Waals surface area contributed by atoms with E-state index in [2.05, 4.69) is 34.6 Å². The van der Waals surface area contributed by atoms with Gasteiger partial charge in [0.15, 0.2) is 0 Å². The van der Waals surface area contributed by atoms with Gasteiger partial charge in [-0.05, 0) is 45.4 Å². The summed E-state index contributed by atoms with van der Waals surface area (Å²) in [5.41, 5.74) is 0. The van der Waals surface area contributed by atoms with Gasteiger partial charge in [0.05, 0.1) is 31.3 Å². The smallest absolute Gasteiger partial charge is 0.305 e. The lowest BCUT2D eigenvalue weighted by molar-refractivity contribution is -0.143. The fourth-order valence-corrected chi connectivity index (χ4v) is 8.98. The summed E-state index contributed by atoms with van der Waals surface area (Å²) >= 11 is 0. The molecule has 0 aromatic heterocycles. The molecule has 0 aliphatic carbocycles. The number of unbranched alkanes of at least 4 members (excludes halogenated alkanes) is 8. The van der Waals surface area contributed by atoms with Crippen molar-refractivity contribution < 1.29 is 9.53 Å². The molecule has 0 rings (SSSR count). The van der Waals surface area contributed by atoms with Crippen LogP contribution in [0.5, 0.6) is 0 Å². The van der Waals surface area contributed by atoms with E-state index in [1.807, 2.05) is 6.92 Å². The molecule has 0 N–H and O–H groups in total. The average molecular weight is 432 g/mol. The van der Waals surface area contributed by atoms with Crippen LogP contribution in [0.15, 0.2) is 0 Å². The van der Waals surface area contributed by atoms with Crippen LogP contribution in [-0.4, -0.2) is 37.2 Å². The Balaban J connectivity index is 0. The molecule has 2 nitrogen and oxygen atoms in total. The van der Waals surface area contributed by atoms with Gasteiger partial charge in [0.25, 0.3) is 0 Å². The molecular formula is C26H56O2P+. The maximum Gasteiger partial charge on any atom is 0.305 e. The minimum atomic E-state index is -0.586. The average Bonchev–Trinajstić information content (AvgIpc) is 2.73. The first-order valence-electron chi connectivity index (χ1n) is 13.1. The van der Waals surface area contributed by atoms with Gasteiger partial charge in [-0.2, -0.15) is 0 Å². The van der Waals surface area contributed by atoms with E-state index in [1.54, 1.807) is 24.6 Å². The standard InChI is InChI=1S/C18H40P.C8H16O2/c1-5-9-13-14-18-19(15-10-6-2,16-11-7-3)17-12-8-4;1-3-5-6-7-8(9)10-4-2/h5-18H2,1-4H3;3-7H2,1-2H3/q+1;. The lowest BCUT2D eigenvalue weighted by Gasteiger charge is -2.28. The van der Waals surface area contributed by atoms with Gasteiger partial charge in [0, 0.05) is 13.7 Å². The van der Waals surface area contributed by atoms with Crippen LogP contribution in [0.4, 0.5) is 0 Å². The third kappa shape index (κ3) is 20.9. The van der Waals surface area contributed by atoms with Crippen molar-refractivity contribution in [3.05, 3.63) is 0 Å². The summed E-state index contributed by atoms with van der Waals surface area (Å²) in [5.74, 6) is -0.0593. The third-order valence-electron chi connectivity index (χ3n) is 5.73. The van der Waals surface area contributed by atoms with Crippen LogP contribution in [0.1, 0.15) is 131 Å². The molecule has 0 unspecified atom stereocenters. The van der Waals surface area contributed by atoms with Gasteiger partial charge in [-0.15, -0.1) is 0 Å². The molecule has 0 radical (unpaired) electrons. The van der Waals surface area contributed by atoms with Gasteiger partial charge in [0.2, 0.25) is 0 Å². The highest BCUT2D eigenvalue weighted by atomic mass is 31.2. The number of esters is 1. The minimum absolute atomic E-state index is 0.0593. The maximum atomic E-state index is 10.7. The van der Waals surface area contributed by atoms with Crippen LogP contribution < -0.4 is 0 Å². The zero-order chi connectivity index (χ0) is 22.2. The van der Waals surface area contributed by atoms with Crippen LogP contribution >= 0.6 is 7.26 Å². The second-order valence-electron chi connectivity index (χ2n) is 8.62. The van der Waals surface area contributed by atoms with Crippen LogP contribution in [0.3, 0.4) is 0 Å². The molecule has 0 amide bonds. The molecule has 0 aliphatic rings. The fourth-order valence-electron chi connectivity index (χ4n) is 3.78. The zero-order valence-corrected chi connectivity index (χ0v) is 22.1. The Hall–Kier alpha value is -0.100. The van der Waals surface area contributed by atoms with E-state index >= 15 is 0 Å². The molecule has 0 aromatic carbocycles. The molecule has 0 saturated heterocycles. The molecule has 0 bridgehead atoms. The van der Waals surface area contributed by atoms with E-state index in [9.17, 15) is 4.79 Å². The number of carbonyl (C=O) groups excluding carboxylic acids is 1. The summed E-state index contributed by atoms with van der Waals surface area (Å²) in [6.45, 7) is 13.9. The molecule has 0 aromatic rings. The van der Waals surface area contributed by atoms with Crippen molar-refractivity contribution >= 4 is 13.2 Å². The summed E-state index contributed by atoms with van der Waals surface area (Å²) < 4.78 is 4.75. The number of rotatable bonds is 19. The molecule has 0 saturated carbocycles. The predicted octanol–water partition coefficient (Wildman–Crippen LogP) is 9.11. The van der Waals surface area contributed by atoms with Crippen molar-refractivity contribution in [3.8, 4) is 0 Å². The summed E-state index contributed by atoms with van der Waals surface area (Å²) in [5, 5.41) is 0. The normalized spacial score (nSPS) is 11.1. The van der Waals surface area contributed by atoms with E-state index in [0.717, 1.165) is 19.3 Å². The van der Waals surface area contributed by atoms with E-state index in [0.29, 0.717) is 13.0 Å². The summed E-state index contributed by atoms with van der Waals surface area (Å²) in [4.78, 5) is 10.7. The maximum absolute atomic E-state index is 10.7. The van der Waals surface area contributed by atoms with Crippen molar-refractivity contribution in [1.29, 1.82) is 0 Å². The molecule has 29 heavy (non-hydrogen) atoms. The Morgan fingerprint density at radius 3 is 1.38 bits per heavy atom. The molecular weight excluding hydrogens is 375 g/mol. The lowest BCUT2D eigenvalue weighted by Crippen LogP contribution is -2.12. The molecule has 0 fully saturated rings. The van der Waals surface area contributed by atoms with Gasteiger partial charge < -0.3 is 4.74 Å². The molecule has 0 heterocycles. The van der Waals surface area contributed by atoms with E-state index in [4.69, 9.17) is 4.74 Å². The van der Waals surface area contributed by atoms with Crippen molar-refractivity contribution in [2.24, 2.45) is 0 Å². The SMILES string of the molecule is CCCCCC(=O)OCC.CCCCCC[P+](CCCC)(CCCC)CCCC. The zero-order valence-electron chi connectivity index (χ0n) is 21.2. The van der Waals surface area contributed by atoms with Crippen molar-refractivity contribution in [1.82, 2.24) is 0 Å². The third-order valence-corrected chi connectivity index (χ3v) is 10.8. The Kier molecular flexibility index (Phi) is 25.9. The minimum Gasteiger partial charge on any atom is -0.466 e. The molecule has 3 heteroatoms. The van der Waals surface area contributed by atoms with E-state index in [1.165, 1.54) is 64.2 Å². The Labute approximate surface area is 185 Å². The Bertz CT molecular complexity index is 309. The number of ether oxygens (including phenoxy) is 1. The van der Waals surface area contributed by atoms with E-state index < -0.39 is 7.26 Å². The first-order valence-corrected chi connectivity index (χ1v) is 15.6. The highest BCUT2D eigenvalue weighted by molar-refractivity contribution is 7.75. The van der Waals surface area contributed by atoms with Crippen LogP contribution in [0, 0.1) is 0 Å². The molecule has 176 valence electrons. The van der Waals surface area contributed by atoms with Crippen LogP contribution in [0.2, 0.25) is 0 Å². The quantitative estimate of drug-likeness (QED) is 0.116. The topological polar surface area (TPSA) is 26.3 Å². The first-order chi connectivity index (χ1) is 14.1.